The van der Waals surface area contributed by atoms with Crippen molar-refractivity contribution in [1.29, 1.82) is 0 Å². The monoisotopic (exact) mass is 285 g/mol. The molecular formula is C16H19N3O2. The lowest BCUT2D eigenvalue weighted by atomic mass is 10.1. The Labute approximate surface area is 124 Å². The minimum absolute atomic E-state index is 0.0621. The summed E-state index contributed by atoms with van der Waals surface area (Å²) in [4.78, 5) is 11.6. The summed E-state index contributed by atoms with van der Waals surface area (Å²) in [6, 6.07) is 9.66. The van der Waals surface area contributed by atoms with Crippen LogP contribution in [0, 0.1) is 13.8 Å². The number of hydrogen-bond acceptors (Lipinski definition) is 3. The van der Waals surface area contributed by atoms with Crippen molar-refractivity contribution in [3.8, 4) is 5.75 Å². The average molecular weight is 285 g/mol. The fourth-order valence-corrected chi connectivity index (χ4v) is 1.98. The van der Waals surface area contributed by atoms with Crippen LogP contribution in [0.15, 0.2) is 41.6 Å². The van der Waals surface area contributed by atoms with Crippen LogP contribution in [-0.2, 0) is 11.8 Å². The third-order valence-corrected chi connectivity index (χ3v) is 2.94. The van der Waals surface area contributed by atoms with Crippen molar-refractivity contribution in [1.82, 2.24) is 9.99 Å². The van der Waals surface area contributed by atoms with E-state index in [1.165, 1.54) is 0 Å². The van der Waals surface area contributed by atoms with E-state index >= 15 is 0 Å². The molecule has 0 radical (unpaired) electrons. The first-order valence-electron chi connectivity index (χ1n) is 6.69. The SMILES string of the molecule is Cc1cc(C)cc(OCC(=O)NN=Cc2cccn2C)c1. The molecule has 1 heterocycles. The number of nitrogens with zero attached hydrogens (tertiary/aromatic N) is 2. The van der Waals surface area contributed by atoms with E-state index in [1.54, 1.807) is 6.21 Å². The number of aryl methyl sites for hydroxylation is 3. The highest BCUT2D eigenvalue weighted by Gasteiger charge is 2.02. The number of amides is 1. The summed E-state index contributed by atoms with van der Waals surface area (Å²) in [5, 5.41) is 3.90. The molecule has 0 fully saturated rings. The molecule has 0 bridgehead atoms. The smallest absolute Gasteiger partial charge is 0.277 e. The molecule has 0 spiro atoms. The van der Waals surface area contributed by atoms with Gasteiger partial charge in [-0.15, -0.1) is 0 Å². The number of hydrazone groups is 1. The van der Waals surface area contributed by atoms with Gasteiger partial charge >= 0.3 is 0 Å². The quantitative estimate of drug-likeness (QED) is 0.676. The van der Waals surface area contributed by atoms with Crippen molar-refractivity contribution in [3.05, 3.63) is 53.3 Å². The highest BCUT2D eigenvalue weighted by atomic mass is 16.5. The number of aromatic nitrogens is 1. The fourth-order valence-electron chi connectivity index (χ4n) is 1.98. The van der Waals surface area contributed by atoms with Gasteiger partial charge in [0.15, 0.2) is 6.61 Å². The molecule has 0 aliphatic carbocycles. The molecule has 110 valence electrons. The highest BCUT2D eigenvalue weighted by Crippen LogP contribution is 2.15. The topological polar surface area (TPSA) is 55.6 Å². The van der Waals surface area contributed by atoms with Gasteiger partial charge in [0, 0.05) is 13.2 Å². The fraction of sp³-hybridized carbons (Fsp3) is 0.250. The molecule has 0 saturated carbocycles. The first kappa shape index (κ1) is 14.8. The standard InChI is InChI=1S/C16H19N3O2/c1-12-7-13(2)9-15(8-12)21-11-16(20)18-17-10-14-5-4-6-19(14)3/h4-10H,11H2,1-3H3,(H,18,20). The maximum absolute atomic E-state index is 11.6. The molecule has 21 heavy (non-hydrogen) atoms. The van der Waals surface area contributed by atoms with Crippen LogP contribution in [0.5, 0.6) is 5.75 Å². The normalized spacial score (nSPS) is 10.8. The molecule has 1 aromatic carbocycles. The zero-order chi connectivity index (χ0) is 15.2. The van der Waals surface area contributed by atoms with E-state index in [-0.39, 0.29) is 12.5 Å². The lowest BCUT2D eigenvalue weighted by Gasteiger charge is -2.07. The summed E-state index contributed by atoms with van der Waals surface area (Å²) in [5.74, 6) is 0.397. The van der Waals surface area contributed by atoms with Crippen LogP contribution >= 0.6 is 0 Å². The summed E-state index contributed by atoms with van der Waals surface area (Å²) in [6.45, 7) is 3.92. The van der Waals surface area contributed by atoms with Crippen LogP contribution in [0.1, 0.15) is 16.8 Å². The Bertz CT molecular complexity index is 639. The Morgan fingerprint density at radius 3 is 2.67 bits per heavy atom. The number of hydrogen-bond donors (Lipinski definition) is 1. The number of rotatable bonds is 5. The van der Waals surface area contributed by atoms with Gasteiger partial charge in [-0.05, 0) is 49.2 Å². The lowest BCUT2D eigenvalue weighted by molar-refractivity contribution is -0.123. The lowest BCUT2D eigenvalue weighted by Crippen LogP contribution is -2.24. The van der Waals surface area contributed by atoms with Gasteiger partial charge in [0.25, 0.3) is 5.91 Å². The Kier molecular flexibility index (Phi) is 4.77. The number of carbonyl (C=O) groups excluding carboxylic acids is 1. The first-order chi connectivity index (χ1) is 10.0. The Morgan fingerprint density at radius 1 is 1.33 bits per heavy atom. The van der Waals surface area contributed by atoms with Gasteiger partial charge < -0.3 is 9.30 Å². The van der Waals surface area contributed by atoms with E-state index < -0.39 is 0 Å². The van der Waals surface area contributed by atoms with E-state index in [2.05, 4.69) is 16.6 Å². The molecule has 1 aromatic heterocycles. The number of nitrogens with one attached hydrogen (secondary N) is 1. The van der Waals surface area contributed by atoms with Crippen molar-refractivity contribution in [2.45, 2.75) is 13.8 Å². The molecule has 0 unspecified atom stereocenters. The summed E-state index contributed by atoms with van der Waals surface area (Å²) >= 11 is 0. The number of benzene rings is 1. The van der Waals surface area contributed by atoms with Gasteiger partial charge in [-0.3, -0.25) is 4.79 Å². The minimum atomic E-state index is -0.292. The predicted octanol–water partition coefficient (Wildman–Crippen LogP) is 2.17. The van der Waals surface area contributed by atoms with Crippen LogP contribution < -0.4 is 10.2 Å². The van der Waals surface area contributed by atoms with Gasteiger partial charge in [0.1, 0.15) is 5.75 Å². The molecule has 1 amide bonds. The Balaban J connectivity index is 1.82. The molecule has 5 heteroatoms. The average Bonchev–Trinajstić information content (AvgIpc) is 2.81. The number of ether oxygens (including phenoxy) is 1. The van der Waals surface area contributed by atoms with Gasteiger partial charge in [-0.1, -0.05) is 6.07 Å². The summed E-state index contributed by atoms with van der Waals surface area (Å²) in [5.41, 5.74) is 5.56. The van der Waals surface area contributed by atoms with Gasteiger partial charge in [0.2, 0.25) is 0 Å². The maximum atomic E-state index is 11.6. The van der Waals surface area contributed by atoms with E-state index in [4.69, 9.17) is 4.74 Å². The predicted molar refractivity (Wildman–Crippen MR) is 82.6 cm³/mol. The summed E-state index contributed by atoms with van der Waals surface area (Å²) in [7, 11) is 1.91. The van der Waals surface area contributed by atoms with Crippen molar-refractivity contribution in [2.24, 2.45) is 12.1 Å². The molecule has 0 saturated heterocycles. The van der Waals surface area contributed by atoms with E-state index in [1.807, 2.05) is 55.9 Å². The Hall–Kier alpha value is -2.56. The van der Waals surface area contributed by atoms with Crippen molar-refractivity contribution in [2.75, 3.05) is 6.61 Å². The van der Waals surface area contributed by atoms with Crippen LogP contribution in [0.2, 0.25) is 0 Å². The van der Waals surface area contributed by atoms with Crippen LogP contribution in [0.4, 0.5) is 0 Å². The van der Waals surface area contributed by atoms with E-state index in [0.717, 1.165) is 16.8 Å². The molecule has 0 aliphatic heterocycles. The first-order valence-corrected chi connectivity index (χ1v) is 6.69. The van der Waals surface area contributed by atoms with Crippen molar-refractivity contribution in [3.63, 3.8) is 0 Å². The second-order valence-corrected chi connectivity index (χ2v) is 4.95. The molecule has 1 N–H and O–H groups in total. The molecule has 5 nitrogen and oxygen atoms in total. The molecule has 0 aliphatic rings. The largest absolute Gasteiger partial charge is 0.484 e. The van der Waals surface area contributed by atoms with Crippen molar-refractivity contribution >= 4 is 12.1 Å². The van der Waals surface area contributed by atoms with Crippen LogP contribution in [0.3, 0.4) is 0 Å². The maximum Gasteiger partial charge on any atom is 0.277 e. The van der Waals surface area contributed by atoms with Gasteiger partial charge in [-0.25, -0.2) is 5.43 Å². The summed E-state index contributed by atoms with van der Waals surface area (Å²) < 4.78 is 7.35. The highest BCUT2D eigenvalue weighted by molar-refractivity contribution is 5.81. The second-order valence-electron chi connectivity index (χ2n) is 4.95. The van der Waals surface area contributed by atoms with Crippen molar-refractivity contribution < 1.29 is 9.53 Å². The third-order valence-electron chi connectivity index (χ3n) is 2.94. The van der Waals surface area contributed by atoms with Crippen LogP contribution in [0.25, 0.3) is 0 Å². The molecule has 2 aromatic rings. The molecular weight excluding hydrogens is 266 g/mol. The number of carbonyl (C=O) groups is 1. The summed E-state index contributed by atoms with van der Waals surface area (Å²) in [6.07, 6.45) is 3.50. The van der Waals surface area contributed by atoms with E-state index in [0.29, 0.717) is 5.75 Å². The molecule has 0 atom stereocenters. The second kappa shape index (κ2) is 6.74. The Morgan fingerprint density at radius 2 is 2.05 bits per heavy atom. The zero-order valence-corrected chi connectivity index (χ0v) is 12.5. The van der Waals surface area contributed by atoms with Crippen LogP contribution in [-0.4, -0.2) is 23.3 Å². The molecule has 2 rings (SSSR count). The third kappa shape index (κ3) is 4.49. The van der Waals surface area contributed by atoms with Gasteiger partial charge in [0.05, 0.1) is 11.9 Å². The minimum Gasteiger partial charge on any atom is -0.484 e. The zero-order valence-electron chi connectivity index (χ0n) is 12.5. The van der Waals surface area contributed by atoms with E-state index in [9.17, 15) is 4.79 Å². The van der Waals surface area contributed by atoms with Gasteiger partial charge in [-0.2, -0.15) is 5.10 Å².